The van der Waals surface area contributed by atoms with E-state index in [0.717, 1.165) is 11.8 Å². The molecule has 0 spiro atoms. The maximum atomic E-state index is 13.2. The minimum Gasteiger partial charge on any atom is -0.479 e. The van der Waals surface area contributed by atoms with Gasteiger partial charge in [-0.15, -0.1) is 0 Å². The smallest absolute Gasteiger partial charge is 0.333 e. The number of carbonyl (C=O) groups excluding carboxylic acids is 6. The molecule has 162 valence electrons. The normalized spacial score (nSPS) is 21.3. The van der Waals surface area contributed by atoms with Crippen molar-refractivity contribution in [1.82, 2.24) is 20.4 Å². The molecule has 1 aromatic rings. The maximum Gasteiger partial charge on any atom is 0.333 e. The van der Waals surface area contributed by atoms with Gasteiger partial charge in [-0.25, -0.2) is 4.79 Å². The lowest BCUT2D eigenvalue weighted by Gasteiger charge is -2.43. The molecular weight excluding hydrogens is 412 g/mol. The predicted molar refractivity (Wildman–Crippen MR) is 100 cm³/mol. The summed E-state index contributed by atoms with van der Waals surface area (Å²) in [6, 6.07) is 4.57. The van der Waals surface area contributed by atoms with Crippen molar-refractivity contribution in [2.75, 3.05) is 0 Å². The van der Waals surface area contributed by atoms with Crippen LogP contribution in [-0.2, 0) is 24.0 Å². The third-order valence-corrected chi connectivity index (χ3v) is 5.39. The Morgan fingerprint density at radius 2 is 1.71 bits per heavy atom. The quantitative estimate of drug-likeness (QED) is 0.329. The highest BCUT2D eigenvalue weighted by molar-refractivity contribution is 6.23. The number of amides is 6. The third kappa shape index (κ3) is 3.31. The zero-order valence-electron chi connectivity index (χ0n) is 16.2. The molecule has 0 aromatic heterocycles. The molecule has 3 N–H and O–H groups in total. The molecule has 0 aliphatic carbocycles. The number of piperidine rings is 1. The highest BCUT2D eigenvalue weighted by Gasteiger charge is 2.53. The first kappa shape index (κ1) is 21.6. The van der Waals surface area contributed by atoms with Gasteiger partial charge in [-0.1, -0.05) is 12.1 Å². The molecule has 12 nitrogen and oxygen atoms in total. The van der Waals surface area contributed by atoms with Crippen molar-refractivity contribution in [2.45, 2.75) is 37.5 Å². The molecule has 1 fully saturated rings. The summed E-state index contributed by atoms with van der Waals surface area (Å²) in [5.41, 5.74) is -2.08. The van der Waals surface area contributed by atoms with E-state index in [4.69, 9.17) is 0 Å². The molecule has 3 atom stereocenters. The number of fused-ring (bicyclic) bond motifs is 1. The van der Waals surface area contributed by atoms with Crippen LogP contribution in [0.25, 0.3) is 0 Å². The van der Waals surface area contributed by atoms with E-state index in [1.54, 1.807) is 12.1 Å². The van der Waals surface area contributed by atoms with Gasteiger partial charge >= 0.3 is 5.97 Å². The largest absolute Gasteiger partial charge is 0.479 e. The molecular formula is C19H18N4O8. The summed E-state index contributed by atoms with van der Waals surface area (Å²) in [7, 11) is 0. The molecule has 2 aliphatic rings. The molecule has 3 rings (SSSR count). The first-order valence-corrected chi connectivity index (χ1v) is 9.16. The second kappa shape index (κ2) is 7.97. The molecule has 0 saturated carbocycles. The molecule has 1 saturated heterocycles. The summed E-state index contributed by atoms with van der Waals surface area (Å²) in [4.78, 5) is 86.5. The van der Waals surface area contributed by atoms with Crippen LogP contribution in [-0.4, -0.2) is 75.1 Å². The Kier molecular flexibility index (Phi) is 5.56. The van der Waals surface area contributed by atoms with E-state index in [2.05, 4.69) is 5.32 Å². The van der Waals surface area contributed by atoms with Gasteiger partial charge in [0.05, 0.1) is 11.1 Å². The standard InChI is InChI=1S/C19H18N4O8/c1-19(18(30)31,21-9-25)17(20-8-24)23-13(26)7-6-12(16(23)29)22-14(27)10-4-2-3-5-11(10)15(22)28/h2-5,8-9,12,17H,6-7H2,1H3,(H,20,24)(H,21,25)(H,30,31)/t12?,17-,19?/m0/s1. The molecule has 2 aliphatic heterocycles. The van der Waals surface area contributed by atoms with E-state index in [1.807, 2.05) is 5.32 Å². The first-order chi connectivity index (χ1) is 14.7. The number of hydrogen-bond acceptors (Lipinski definition) is 7. The number of carbonyl (C=O) groups is 7. The van der Waals surface area contributed by atoms with Gasteiger partial charge in [-0.05, 0) is 25.5 Å². The maximum absolute atomic E-state index is 13.2. The molecule has 6 amide bonds. The second-order valence-electron chi connectivity index (χ2n) is 7.14. The fourth-order valence-electron chi connectivity index (χ4n) is 3.73. The van der Waals surface area contributed by atoms with Gasteiger partial charge in [0.1, 0.15) is 12.2 Å². The van der Waals surface area contributed by atoms with Gasteiger partial charge in [-0.3, -0.25) is 38.6 Å². The van der Waals surface area contributed by atoms with E-state index >= 15 is 0 Å². The Bertz CT molecular complexity index is 973. The van der Waals surface area contributed by atoms with Gasteiger partial charge in [-0.2, -0.15) is 0 Å². The highest BCUT2D eigenvalue weighted by atomic mass is 16.4. The summed E-state index contributed by atoms with van der Waals surface area (Å²) in [6.07, 6.45) is -2.17. The zero-order valence-corrected chi connectivity index (χ0v) is 16.2. The van der Waals surface area contributed by atoms with E-state index in [-0.39, 0.29) is 36.8 Å². The lowest BCUT2D eigenvalue weighted by molar-refractivity contribution is -0.163. The monoisotopic (exact) mass is 430 g/mol. The molecule has 1 aromatic carbocycles. The summed E-state index contributed by atoms with van der Waals surface area (Å²) in [6.45, 7) is 0.997. The number of rotatable bonds is 8. The molecule has 31 heavy (non-hydrogen) atoms. The van der Waals surface area contributed by atoms with Crippen LogP contribution < -0.4 is 10.6 Å². The van der Waals surface area contributed by atoms with E-state index in [9.17, 15) is 38.7 Å². The fraction of sp³-hybridized carbons (Fsp3) is 0.316. The number of nitrogens with zero attached hydrogens (tertiary/aromatic N) is 2. The van der Waals surface area contributed by atoms with Crippen LogP contribution in [0.15, 0.2) is 24.3 Å². The first-order valence-electron chi connectivity index (χ1n) is 9.16. The number of carboxylic acid groups (broad SMARTS) is 1. The van der Waals surface area contributed by atoms with Crippen molar-refractivity contribution in [1.29, 1.82) is 0 Å². The minimum absolute atomic E-state index is 0.0497. The van der Waals surface area contributed by atoms with Crippen molar-refractivity contribution >= 4 is 42.4 Å². The summed E-state index contributed by atoms with van der Waals surface area (Å²) in [5.74, 6) is -4.97. The second-order valence-corrected chi connectivity index (χ2v) is 7.14. The van der Waals surface area contributed by atoms with Gasteiger partial charge in [0, 0.05) is 6.42 Å². The molecule has 0 radical (unpaired) electrons. The lowest BCUT2D eigenvalue weighted by Crippen LogP contribution is -2.72. The van der Waals surface area contributed by atoms with Crippen LogP contribution in [0.1, 0.15) is 40.5 Å². The lowest BCUT2D eigenvalue weighted by atomic mass is 9.93. The number of carboxylic acids is 1. The average molecular weight is 430 g/mol. The number of hydrogen-bond donors (Lipinski definition) is 3. The number of aliphatic carboxylic acids is 1. The average Bonchev–Trinajstić information content (AvgIpc) is 2.98. The number of imide groups is 2. The zero-order chi connectivity index (χ0) is 22.9. The highest BCUT2D eigenvalue weighted by Crippen LogP contribution is 2.30. The third-order valence-electron chi connectivity index (χ3n) is 5.39. The predicted octanol–water partition coefficient (Wildman–Crippen LogP) is -1.54. The molecule has 2 unspecified atom stereocenters. The van der Waals surface area contributed by atoms with Gasteiger partial charge in [0.15, 0.2) is 5.54 Å². The van der Waals surface area contributed by atoms with E-state index in [0.29, 0.717) is 4.90 Å². The molecule has 2 heterocycles. The molecule has 12 heteroatoms. The molecule has 0 bridgehead atoms. The van der Waals surface area contributed by atoms with Gasteiger partial charge in [0.2, 0.25) is 18.7 Å². The Balaban J connectivity index is 2.01. The summed E-state index contributed by atoms with van der Waals surface area (Å²) >= 11 is 0. The summed E-state index contributed by atoms with van der Waals surface area (Å²) in [5, 5.41) is 13.7. The Hall–Kier alpha value is -4.09. The fourth-order valence-corrected chi connectivity index (χ4v) is 3.73. The van der Waals surface area contributed by atoms with Crippen molar-refractivity contribution in [3.05, 3.63) is 35.4 Å². The van der Waals surface area contributed by atoms with Crippen molar-refractivity contribution in [2.24, 2.45) is 0 Å². The van der Waals surface area contributed by atoms with Crippen molar-refractivity contribution in [3.8, 4) is 0 Å². The van der Waals surface area contributed by atoms with Gasteiger partial charge < -0.3 is 15.7 Å². The number of benzene rings is 1. The van der Waals surface area contributed by atoms with Crippen LogP contribution in [0, 0.1) is 0 Å². The van der Waals surface area contributed by atoms with Crippen LogP contribution in [0.5, 0.6) is 0 Å². The Morgan fingerprint density at radius 1 is 1.13 bits per heavy atom. The van der Waals surface area contributed by atoms with E-state index in [1.165, 1.54) is 12.1 Å². The Labute approximate surface area is 175 Å². The van der Waals surface area contributed by atoms with Crippen LogP contribution in [0.2, 0.25) is 0 Å². The van der Waals surface area contributed by atoms with E-state index < -0.39 is 47.3 Å². The van der Waals surface area contributed by atoms with Crippen LogP contribution >= 0.6 is 0 Å². The topological polar surface area (TPSA) is 170 Å². The number of likely N-dealkylation sites (tertiary alicyclic amines) is 1. The van der Waals surface area contributed by atoms with Crippen LogP contribution in [0.3, 0.4) is 0 Å². The Morgan fingerprint density at radius 3 is 2.19 bits per heavy atom. The van der Waals surface area contributed by atoms with Gasteiger partial charge in [0.25, 0.3) is 17.7 Å². The van der Waals surface area contributed by atoms with Crippen molar-refractivity contribution < 1.29 is 38.7 Å². The SMILES string of the molecule is CC(NC=O)(C(=O)O)[C@@H](NC=O)N1C(=O)CCC(N2C(=O)c3ccccc3C2=O)C1=O. The minimum atomic E-state index is -2.28. The van der Waals surface area contributed by atoms with Crippen LogP contribution in [0.4, 0.5) is 0 Å². The number of nitrogens with one attached hydrogen (secondary N) is 2. The van der Waals surface area contributed by atoms with Crippen molar-refractivity contribution in [3.63, 3.8) is 0 Å². The summed E-state index contributed by atoms with van der Waals surface area (Å²) < 4.78 is 0.